The number of hydrogen-bond acceptors (Lipinski definition) is 3. The third-order valence-corrected chi connectivity index (χ3v) is 3.94. The first kappa shape index (κ1) is 18.0. The van der Waals surface area contributed by atoms with Crippen molar-refractivity contribution >= 4 is 23.5 Å². The molecular formula is C18H18ClNO4. The van der Waals surface area contributed by atoms with Crippen LogP contribution in [0.25, 0.3) is 0 Å². The van der Waals surface area contributed by atoms with Gasteiger partial charge in [-0.3, -0.25) is 4.79 Å². The average molecular weight is 348 g/mol. The Morgan fingerprint density at radius 2 is 1.75 bits per heavy atom. The first-order valence-electron chi connectivity index (χ1n) is 7.37. The van der Waals surface area contributed by atoms with E-state index in [1.165, 1.54) is 7.11 Å². The monoisotopic (exact) mass is 347 g/mol. The van der Waals surface area contributed by atoms with Crippen molar-refractivity contribution in [2.45, 2.75) is 18.6 Å². The van der Waals surface area contributed by atoms with Crippen molar-refractivity contribution in [3.8, 4) is 0 Å². The fourth-order valence-corrected chi connectivity index (χ4v) is 2.57. The summed E-state index contributed by atoms with van der Waals surface area (Å²) in [6.07, 6.45) is -0.786. The van der Waals surface area contributed by atoms with Crippen molar-refractivity contribution < 1.29 is 19.4 Å². The Morgan fingerprint density at radius 3 is 2.33 bits per heavy atom. The highest BCUT2D eigenvalue weighted by atomic mass is 35.5. The molecule has 1 amide bonds. The largest absolute Gasteiger partial charge is 0.480 e. The van der Waals surface area contributed by atoms with Gasteiger partial charge in [-0.15, -0.1) is 0 Å². The van der Waals surface area contributed by atoms with Crippen molar-refractivity contribution in [3.63, 3.8) is 0 Å². The summed E-state index contributed by atoms with van der Waals surface area (Å²) in [4.78, 5) is 23.9. The highest BCUT2D eigenvalue weighted by Gasteiger charge is 2.26. The van der Waals surface area contributed by atoms with Gasteiger partial charge in [-0.05, 0) is 17.2 Å². The van der Waals surface area contributed by atoms with Gasteiger partial charge >= 0.3 is 5.97 Å². The van der Waals surface area contributed by atoms with E-state index in [1.807, 2.05) is 6.07 Å². The molecule has 0 saturated heterocycles. The molecule has 0 unspecified atom stereocenters. The van der Waals surface area contributed by atoms with E-state index in [2.05, 4.69) is 5.32 Å². The number of ether oxygens (including phenoxy) is 1. The lowest BCUT2D eigenvalue weighted by atomic mass is 10.0. The van der Waals surface area contributed by atoms with Crippen LogP contribution in [0.2, 0.25) is 5.02 Å². The predicted octanol–water partition coefficient (Wildman–Crippen LogP) is 2.84. The molecular weight excluding hydrogens is 330 g/mol. The SMILES string of the molecule is CO[C@H](C(=O)N[C@H](Cc1ccccc1Cl)C(=O)O)c1ccccc1. The number of hydrogen-bond donors (Lipinski definition) is 2. The van der Waals surface area contributed by atoms with Gasteiger partial charge in [0, 0.05) is 18.6 Å². The Bertz CT molecular complexity index is 705. The van der Waals surface area contributed by atoms with E-state index in [4.69, 9.17) is 16.3 Å². The smallest absolute Gasteiger partial charge is 0.326 e. The van der Waals surface area contributed by atoms with Gasteiger partial charge in [0.05, 0.1) is 0 Å². The summed E-state index contributed by atoms with van der Waals surface area (Å²) < 4.78 is 5.22. The fraction of sp³-hybridized carbons (Fsp3) is 0.222. The Labute approximate surface area is 145 Å². The van der Waals surface area contributed by atoms with E-state index >= 15 is 0 Å². The van der Waals surface area contributed by atoms with E-state index in [1.54, 1.807) is 48.5 Å². The molecule has 0 spiro atoms. The van der Waals surface area contributed by atoms with Gasteiger partial charge in [-0.25, -0.2) is 4.79 Å². The predicted molar refractivity (Wildman–Crippen MR) is 90.9 cm³/mol. The molecule has 2 aromatic rings. The molecule has 2 rings (SSSR count). The highest BCUT2D eigenvalue weighted by Crippen LogP contribution is 2.19. The number of rotatable bonds is 7. The van der Waals surface area contributed by atoms with Crippen LogP contribution < -0.4 is 5.32 Å². The van der Waals surface area contributed by atoms with Crippen molar-refractivity contribution in [1.29, 1.82) is 0 Å². The van der Waals surface area contributed by atoms with Gasteiger partial charge < -0.3 is 15.2 Å². The third kappa shape index (κ3) is 4.57. The molecule has 2 atom stereocenters. The van der Waals surface area contributed by atoms with E-state index in [0.29, 0.717) is 16.1 Å². The number of nitrogens with one attached hydrogen (secondary N) is 1. The van der Waals surface area contributed by atoms with Crippen molar-refractivity contribution in [2.24, 2.45) is 0 Å². The van der Waals surface area contributed by atoms with Gasteiger partial charge in [-0.2, -0.15) is 0 Å². The van der Waals surface area contributed by atoms with Crippen LogP contribution in [0.3, 0.4) is 0 Å². The van der Waals surface area contributed by atoms with Gasteiger partial charge in [0.1, 0.15) is 6.04 Å². The van der Waals surface area contributed by atoms with E-state index in [-0.39, 0.29) is 6.42 Å². The third-order valence-electron chi connectivity index (χ3n) is 3.57. The molecule has 2 aromatic carbocycles. The molecule has 0 bridgehead atoms. The summed E-state index contributed by atoms with van der Waals surface area (Å²) in [5.74, 6) is -1.64. The summed E-state index contributed by atoms with van der Waals surface area (Å²) in [6.45, 7) is 0. The lowest BCUT2D eigenvalue weighted by molar-refractivity contribution is -0.144. The molecule has 0 aliphatic rings. The zero-order valence-corrected chi connectivity index (χ0v) is 13.9. The van der Waals surface area contributed by atoms with Crippen molar-refractivity contribution in [2.75, 3.05) is 7.11 Å². The Hall–Kier alpha value is -2.37. The number of carboxylic acid groups (broad SMARTS) is 1. The molecule has 24 heavy (non-hydrogen) atoms. The lowest BCUT2D eigenvalue weighted by Crippen LogP contribution is -2.44. The van der Waals surface area contributed by atoms with Crippen LogP contribution in [-0.4, -0.2) is 30.1 Å². The minimum atomic E-state index is -1.13. The van der Waals surface area contributed by atoms with E-state index in [0.717, 1.165) is 0 Å². The summed E-state index contributed by atoms with van der Waals surface area (Å²) in [5, 5.41) is 12.4. The normalized spacial score (nSPS) is 13.1. The number of methoxy groups -OCH3 is 1. The first-order chi connectivity index (χ1) is 11.5. The van der Waals surface area contributed by atoms with Crippen molar-refractivity contribution in [1.82, 2.24) is 5.32 Å². The number of carbonyl (C=O) groups excluding carboxylic acids is 1. The quantitative estimate of drug-likeness (QED) is 0.807. The molecule has 2 N–H and O–H groups in total. The molecule has 0 saturated carbocycles. The van der Waals surface area contributed by atoms with Gasteiger partial charge in [-0.1, -0.05) is 60.1 Å². The maximum absolute atomic E-state index is 12.4. The van der Waals surface area contributed by atoms with Crippen LogP contribution in [0.1, 0.15) is 17.2 Å². The topological polar surface area (TPSA) is 75.6 Å². The zero-order valence-electron chi connectivity index (χ0n) is 13.1. The molecule has 0 radical (unpaired) electrons. The van der Waals surface area contributed by atoms with Crippen LogP contribution in [0.4, 0.5) is 0 Å². The second kappa shape index (κ2) is 8.47. The number of amides is 1. The van der Waals surface area contributed by atoms with Gasteiger partial charge in [0.15, 0.2) is 6.10 Å². The van der Waals surface area contributed by atoms with Gasteiger partial charge in [0.2, 0.25) is 0 Å². The number of benzene rings is 2. The summed E-state index contributed by atoms with van der Waals surface area (Å²) in [6, 6.07) is 14.7. The Kier molecular flexibility index (Phi) is 6.35. The first-order valence-corrected chi connectivity index (χ1v) is 7.75. The molecule has 0 aliphatic carbocycles. The zero-order chi connectivity index (χ0) is 17.5. The summed E-state index contributed by atoms with van der Waals surface area (Å²) in [5.41, 5.74) is 1.31. The average Bonchev–Trinajstić information content (AvgIpc) is 2.57. The standard InChI is InChI=1S/C18H18ClNO4/c1-24-16(12-7-3-2-4-8-12)17(21)20-15(18(22)23)11-13-9-5-6-10-14(13)19/h2-10,15-16H,11H2,1H3,(H,20,21)(H,22,23)/t15-,16+/m1/s1. The molecule has 0 aliphatic heterocycles. The fourth-order valence-electron chi connectivity index (χ4n) is 2.35. The maximum Gasteiger partial charge on any atom is 0.326 e. The van der Waals surface area contributed by atoms with Crippen LogP contribution >= 0.6 is 11.6 Å². The highest BCUT2D eigenvalue weighted by molar-refractivity contribution is 6.31. The molecule has 0 fully saturated rings. The molecule has 0 heterocycles. The lowest BCUT2D eigenvalue weighted by Gasteiger charge is -2.20. The molecule has 0 aromatic heterocycles. The Morgan fingerprint density at radius 1 is 1.12 bits per heavy atom. The van der Waals surface area contributed by atoms with Crippen LogP contribution in [0.5, 0.6) is 0 Å². The maximum atomic E-state index is 12.4. The summed E-state index contributed by atoms with van der Waals surface area (Å²) in [7, 11) is 1.40. The molecule has 126 valence electrons. The number of aliphatic carboxylic acids is 1. The van der Waals surface area contributed by atoms with E-state index in [9.17, 15) is 14.7 Å². The van der Waals surface area contributed by atoms with E-state index < -0.39 is 24.0 Å². The number of carbonyl (C=O) groups is 2. The minimum Gasteiger partial charge on any atom is -0.480 e. The minimum absolute atomic E-state index is 0.0893. The molecule has 6 heteroatoms. The molecule has 5 nitrogen and oxygen atoms in total. The van der Waals surface area contributed by atoms with Gasteiger partial charge in [0.25, 0.3) is 5.91 Å². The second-order valence-corrected chi connectivity index (χ2v) is 5.63. The summed E-state index contributed by atoms with van der Waals surface area (Å²) >= 11 is 6.06. The van der Waals surface area contributed by atoms with Crippen LogP contribution in [0.15, 0.2) is 54.6 Å². The Balaban J connectivity index is 2.13. The van der Waals surface area contributed by atoms with Crippen LogP contribution in [-0.2, 0) is 20.7 Å². The number of halogens is 1. The van der Waals surface area contributed by atoms with Crippen LogP contribution in [0, 0.1) is 0 Å². The van der Waals surface area contributed by atoms with Crippen molar-refractivity contribution in [3.05, 3.63) is 70.7 Å². The number of carboxylic acids is 1. The second-order valence-electron chi connectivity index (χ2n) is 5.22.